The summed E-state index contributed by atoms with van der Waals surface area (Å²) in [7, 11) is -0.422. The van der Waals surface area contributed by atoms with E-state index in [-0.39, 0.29) is 23.3 Å². The van der Waals surface area contributed by atoms with Crippen molar-refractivity contribution in [2.24, 2.45) is 0 Å². The second kappa shape index (κ2) is 6.30. The molecule has 1 N–H and O–H groups in total. The van der Waals surface area contributed by atoms with Gasteiger partial charge in [-0.25, -0.2) is 4.79 Å². The standard InChI is InChI=1S/C18H26BNO5/c1-12-15(20(16(21)22)10-11-23-12)13-6-8-14(9-7-13)19-24-17(2,3)18(4,5)25-19/h6-9,12,15H,10-11H2,1-5H3,(H,21,22)/t12-,15+/m1/s1. The van der Waals surface area contributed by atoms with Gasteiger partial charge in [-0.1, -0.05) is 24.3 Å². The number of benzene rings is 1. The molecule has 0 aliphatic carbocycles. The Kier molecular flexibility index (Phi) is 4.60. The topological polar surface area (TPSA) is 68.2 Å². The number of amides is 1. The highest BCUT2D eigenvalue weighted by molar-refractivity contribution is 6.62. The summed E-state index contributed by atoms with van der Waals surface area (Å²) in [5.74, 6) is 0. The van der Waals surface area contributed by atoms with Crippen molar-refractivity contribution in [3.63, 3.8) is 0 Å². The fourth-order valence-electron chi connectivity index (χ4n) is 3.32. The van der Waals surface area contributed by atoms with Crippen LogP contribution in [0.3, 0.4) is 0 Å². The van der Waals surface area contributed by atoms with E-state index in [0.717, 1.165) is 11.0 Å². The summed E-state index contributed by atoms with van der Waals surface area (Å²) in [4.78, 5) is 13.0. The van der Waals surface area contributed by atoms with Crippen LogP contribution in [0, 0.1) is 0 Å². The van der Waals surface area contributed by atoms with Gasteiger partial charge < -0.3 is 19.2 Å². The maximum atomic E-state index is 11.5. The van der Waals surface area contributed by atoms with Gasteiger partial charge in [-0.15, -0.1) is 0 Å². The van der Waals surface area contributed by atoms with E-state index in [1.54, 1.807) is 0 Å². The Hall–Kier alpha value is -1.57. The van der Waals surface area contributed by atoms with E-state index in [0.29, 0.717) is 13.2 Å². The third-order valence-corrected chi connectivity index (χ3v) is 5.54. The van der Waals surface area contributed by atoms with E-state index in [1.165, 1.54) is 4.90 Å². The lowest BCUT2D eigenvalue weighted by Crippen LogP contribution is -2.46. The lowest BCUT2D eigenvalue weighted by Gasteiger charge is -2.38. The minimum absolute atomic E-state index is 0.187. The Bertz CT molecular complexity index is 629. The molecule has 2 heterocycles. The van der Waals surface area contributed by atoms with Gasteiger partial charge in [0.1, 0.15) is 0 Å². The molecular formula is C18H26BNO5. The fraction of sp³-hybridized carbons (Fsp3) is 0.611. The number of hydrogen-bond donors (Lipinski definition) is 1. The first kappa shape index (κ1) is 18.2. The zero-order valence-corrected chi connectivity index (χ0v) is 15.5. The molecule has 2 aliphatic rings. The van der Waals surface area contributed by atoms with Crippen molar-refractivity contribution in [1.82, 2.24) is 4.90 Å². The average Bonchev–Trinajstić information content (AvgIpc) is 2.75. The Morgan fingerprint density at radius 1 is 1.16 bits per heavy atom. The number of morpholine rings is 1. The van der Waals surface area contributed by atoms with E-state index in [2.05, 4.69) is 0 Å². The van der Waals surface area contributed by atoms with Crippen LogP contribution in [0.15, 0.2) is 24.3 Å². The number of rotatable bonds is 2. The summed E-state index contributed by atoms with van der Waals surface area (Å²) in [5, 5.41) is 9.46. The molecule has 1 aromatic rings. The van der Waals surface area contributed by atoms with E-state index in [1.807, 2.05) is 58.9 Å². The monoisotopic (exact) mass is 347 g/mol. The average molecular weight is 347 g/mol. The molecule has 0 radical (unpaired) electrons. The minimum Gasteiger partial charge on any atom is -0.465 e. The van der Waals surface area contributed by atoms with E-state index in [4.69, 9.17) is 14.0 Å². The van der Waals surface area contributed by atoms with Crippen LogP contribution < -0.4 is 5.46 Å². The van der Waals surface area contributed by atoms with Crippen molar-refractivity contribution in [2.45, 2.75) is 58.0 Å². The second-order valence-corrected chi connectivity index (χ2v) is 7.75. The van der Waals surface area contributed by atoms with Gasteiger partial charge in [-0.3, -0.25) is 4.90 Å². The van der Waals surface area contributed by atoms with Crippen LogP contribution >= 0.6 is 0 Å². The first-order chi connectivity index (χ1) is 11.6. The highest BCUT2D eigenvalue weighted by atomic mass is 16.7. The molecule has 2 fully saturated rings. The molecule has 0 spiro atoms. The van der Waals surface area contributed by atoms with Gasteiger partial charge in [0.05, 0.1) is 30.0 Å². The van der Waals surface area contributed by atoms with Gasteiger partial charge in [0.2, 0.25) is 0 Å². The van der Waals surface area contributed by atoms with E-state index >= 15 is 0 Å². The Labute approximate surface area is 149 Å². The van der Waals surface area contributed by atoms with E-state index in [9.17, 15) is 9.90 Å². The van der Waals surface area contributed by atoms with Gasteiger partial charge in [0, 0.05) is 6.54 Å². The first-order valence-electron chi connectivity index (χ1n) is 8.69. The van der Waals surface area contributed by atoms with Crippen LogP contribution in [0.4, 0.5) is 4.79 Å². The van der Waals surface area contributed by atoms with Gasteiger partial charge >= 0.3 is 13.2 Å². The number of carboxylic acid groups (broad SMARTS) is 1. The molecular weight excluding hydrogens is 321 g/mol. The summed E-state index contributed by atoms with van der Waals surface area (Å²) in [6.45, 7) is 10.8. The molecule has 2 aliphatic heterocycles. The first-order valence-corrected chi connectivity index (χ1v) is 8.69. The molecule has 6 nitrogen and oxygen atoms in total. The van der Waals surface area contributed by atoms with Crippen molar-refractivity contribution in [3.8, 4) is 0 Å². The predicted molar refractivity (Wildman–Crippen MR) is 95.0 cm³/mol. The fourth-order valence-corrected chi connectivity index (χ4v) is 3.32. The van der Waals surface area contributed by atoms with Crippen molar-refractivity contribution in [3.05, 3.63) is 29.8 Å². The third-order valence-electron chi connectivity index (χ3n) is 5.54. The summed E-state index contributed by atoms with van der Waals surface area (Å²) in [5.41, 5.74) is 1.06. The Balaban J connectivity index is 1.82. The van der Waals surface area contributed by atoms with Gasteiger partial charge in [-0.05, 0) is 45.6 Å². The van der Waals surface area contributed by atoms with Gasteiger partial charge in [0.25, 0.3) is 0 Å². The summed E-state index contributed by atoms with van der Waals surface area (Å²) >= 11 is 0. The molecule has 0 bridgehead atoms. The molecule has 0 unspecified atom stereocenters. The Morgan fingerprint density at radius 3 is 2.24 bits per heavy atom. The number of nitrogens with zero attached hydrogens (tertiary/aromatic N) is 1. The van der Waals surface area contributed by atoms with E-state index < -0.39 is 13.2 Å². The van der Waals surface area contributed by atoms with Crippen molar-refractivity contribution >= 4 is 18.7 Å². The van der Waals surface area contributed by atoms with Gasteiger partial charge in [-0.2, -0.15) is 0 Å². The lowest BCUT2D eigenvalue weighted by molar-refractivity contribution is -0.0532. The van der Waals surface area contributed by atoms with Crippen LogP contribution in [0.5, 0.6) is 0 Å². The SMILES string of the molecule is C[C@H]1OCCN(C(=O)O)[C@@H]1c1ccc(B2OC(C)(C)C(C)(C)O2)cc1. The zero-order valence-electron chi connectivity index (χ0n) is 15.5. The van der Waals surface area contributed by atoms with Crippen LogP contribution in [-0.4, -0.2) is 53.7 Å². The molecule has 0 saturated carbocycles. The number of carbonyl (C=O) groups is 1. The predicted octanol–water partition coefficient (Wildman–Crippen LogP) is 2.43. The van der Waals surface area contributed by atoms with Crippen molar-refractivity contribution in [2.75, 3.05) is 13.2 Å². The summed E-state index contributed by atoms with van der Waals surface area (Å²) in [6.07, 6.45) is -1.11. The van der Waals surface area contributed by atoms with Crippen LogP contribution in [0.2, 0.25) is 0 Å². The van der Waals surface area contributed by atoms with Crippen molar-refractivity contribution in [1.29, 1.82) is 0 Å². The molecule has 25 heavy (non-hydrogen) atoms. The molecule has 0 aromatic heterocycles. The maximum absolute atomic E-state index is 11.5. The minimum atomic E-state index is -0.921. The molecule has 2 saturated heterocycles. The Morgan fingerprint density at radius 2 is 1.72 bits per heavy atom. The van der Waals surface area contributed by atoms with Crippen LogP contribution in [0.1, 0.15) is 46.2 Å². The number of ether oxygens (including phenoxy) is 1. The molecule has 2 atom stereocenters. The largest absolute Gasteiger partial charge is 0.494 e. The molecule has 136 valence electrons. The van der Waals surface area contributed by atoms with Crippen LogP contribution in [0.25, 0.3) is 0 Å². The van der Waals surface area contributed by atoms with Crippen LogP contribution in [-0.2, 0) is 14.0 Å². The van der Waals surface area contributed by atoms with Gasteiger partial charge in [0.15, 0.2) is 0 Å². The summed E-state index contributed by atoms with van der Waals surface area (Å²) < 4.78 is 17.8. The highest BCUT2D eigenvalue weighted by Crippen LogP contribution is 2.36. The normalized spacial score (nSPS) is 28.2. The maximum Gasteiger partial charge on any atom is 0.494 e. The third kappa shape index (κ3) is 3.28. The molecule has 7 heteroatoms. The molecule has 1 amide bonds. The van der Waals surface area contributed by atoms with Crippen molar-refractivity contribution < 1.29 is 23.9 Å². The smallest absolute Gasteiger partial charge is 0.465 e. The highest BCUT2D eigenvalue weighted by Gasteiger charge is 2.51. The zero-order chi connectivity index (χ0) is 18.4. The quantitative estimate of drug-likeness (QED) is 0.833. The molecule has 1 aromatic carbocycles. The summed E-state index contributed by atoms with van der Waals surface area (Å²) in [6, 6.07) is 7.45. The molecule has 3 rings (SSSR count). The number of hydrogen-bond acceptors (Lipinski definition) is 4. The lowest BCUT2D eigenvalue weighted by atomic mass is 9.78. The second-order valence-electron chi connectivity index (χ2n) is 7.75.